The molecule has 1 amide bonds. The molecule has 1 N–H and O–H groups in total. The molecule has 106 valence electrons. The van der Waals surface area contributed by atoms with Crippen molar-refractivity contribution in [3.05, 3.63) is 0 Å². The van der Waals surface area contributed by atoms with Gasteiger partial charge >= 0.3 is 12.3 Å². The van der Waals surface area contributed by atoms with Gasteiger partial charge in [-0.3, -0.25) is 0 Å². The molecule has 1 atom stereocenters. The minimum atomic E-state index is -4.74. The van der Waals surface area contributed by atoms with E-state index in [1.54, 1.807) is 20.8 Å². The van der Waals surface area contributed by atoms with Crippen molar-refractivity contribution in [1.82, 2.24) is 4.90 Å². The van der Waals surface area contributed by atoms with Crippen molar-refractivity contribution in [3.63, 3.8) is 0 Å². The molecule has 0 radical (unpaired) electrons. The number of halogens is 3. The summed E-state index contributed by atoms with van der Waals surface area (Å²) in [5.74, 6) is 0. The second-order valence-corrected chi connectivity index (χ2v) is 5.53. The molecule has 1 rings (SSSR count). The SMILES string of the molecule is CC(C)(C)OC(=O)N1CCC[C@](O)(C(F)(F)F)C1. The molecule has 0 aliphatic carbocycles. The summed E-state index contributed by atoms with van der Waals surface area (Å²) in [6.07, 6.45) is -5.87. The van der Waals surface area contributed by atoms with E-state index in [0.29, 0.717) is 0 Å². The highest BCUT2D eigenvalue weighted by Crippen LogP contribution is 2.37. The number of alkyl halides is 3. The van der Waals surface area contributed by atoms with E-state index in [9.17, 15) is 23.1 Å². The Kier molecular flexibility index (Phi) is 3.86. The number of likely N-dealkylation sites (tertiary alicyclic amines) is 1. The van der Waals surface area contributed by atoms with E-state index in [4.69, 9.17) is 4.74 Å². The largest absolute Gasteiger partial charge is 0.444 e. The molecule has 0 saturated carbocycles. The molecule has 0 aromatic heterocycles. The molecule has 1 fully saturated rings. The fraction of sp³-hybridized carbons (Fsp3) is 0.909. The lowest BCUT2D eigenvalue weighted by atomic mass is 9.92. The van der Waals surface area contributed by atoms with Crippen molar-refractivity contribution in [3.8, 4) is 0 Å². The number of β-amino-alcohol motifs (C(OH)–C–C–N with tert-alkyl or cyclic N) is 1. The van der Waals surface area contributed by atoms with E-state index < -0.39 is 36.4 Å². The normalized spacial score (nSPS) is 26.1. The monoisotopic (exact) mass is 269 g/mol. The molecule has 1 aliphatic rings. The van der Waals surface area contributed by atoms with Gasteiger partial charge in [-0.25, -0.2) is 4.79 Å². The van der Waals surface area contributed by atoms with E-state index in [-0.39, 0.29) is 13.0 Å². The van der Waals surface area contributed by atoms with Gasteiger partial charge in [-0.05, 0) is 33.6 Å². The number of rotatable bonds is 0. The molecule has 0 bridgehead atoms. The van der Waals surface area contributed by atoms with E-state index in [0.717, 1.165) is 4.90 Å². The Hall–Kier alpha value is -0.980. The number of hydrogen-bond donors (Lipinski definition) is 1. The lowest BCUT2D eigenvalue weighted by molar-refractivity contribution is -0.272. The molecule has 0 aromatic carbocycles. The third kappa shape index (κ3) is 3.51. The molecule has 0 unspecified atom stereocenters. The van der Waals surface area contributed by atoms with Gasteiger partial charge in [0.05, 0.1) is 6.54 Å². The summed E-state index contributed by atoms with van der Waals surface area (Å²) in [6.45, 7) is 4.28. The summed E-state index contributed by atoms with van der Waals surface area (Å²) in [5.41, 5.74) is -3.60. The maximum atomic E-state index is 12.7. The predicted octanol–water partition coefficient (Wildman–Crippen LogP) is 2.31. The molecule has 1 heterocycles. The number of ether oxygens (including phenoxy) is 1. The maximum Gasteiger partial charge on any atom is 0.418 e. The summed E-state index contributed by atoms with van der Waals surface area (Å²) in [6, 6.07) is 0. The third-order valence-corrected chi connectivity index (χ3v) is 2.65. The van der Waals surface area contributed by atoms with Crippen LogP contribution in [0.15, 0.2) is 0 Å². The zero-order valence-electron chi connectivity index (χ0n) is 10.7. The van der Waals surface area contributed by atoms with Crippen LogP contribution in [-0.4, -0.2) is 46.6 Å². The van der Waals surface area contributed by atoms with Gasteiger partial charge in [0.2, 0.25) is 0 Å². The smallest absolute Gasteiger partial charge is 0.418 e. The summed E-state index contributed by atoms with van der Waals surface area (Å²) in [7, 11) is 0. The third-order valence-electron chi connectivity index (χ3n) is 2.65. The molecule has 0 spiro atoms. The molecular formula is C11H18F3NO3. The number of carbonyl (C=O) groups is 1. The summed E-state index contributed by atoms with van der Waals surface area (Å²) < 4.78 is 43.0. The first-order valence-corrected chi connectivity index (χ1v) is 5.72. The predicted molar refractivity (Wildman–Crippen MR) is 58.0 cm³/mol. The van der Waals surface area contributed by atoms with E-state index in [1.807, 2.05) is 0 Å². The zero-order valence-corrected chi connectivity index (χ0v) is 10.7. The van der Waals surface area contributed by atoms with Gasteiger partial charge in [0.15, 0.2) is 5.60 Å². The molecule has 18 heavy (non-hydrogen) atoms. The van der Waals surface area contributed by atoms with Gasteiger partial charge in [-0.2, -0.15) is 13.2 Å². The Labute approximate surface area is 104 Å². The fourth-order valence-corrected chi connectivity index (χ4v) is 1.75. The summed E-state index contributed by atoms with van der Waals surface area (Å²) in [5, 5.41) is 9.55. The first-order chi connectivity index (χ1) is 7.95. The first-order valence-electron chi connectivity index (χ1n) is 5.72. The van der Waals surface area contributed by atoms with Gasteiger partial charge < -0.3 is 14.7 Å². The highest BCUT2D eigenvalue weighted by Gasteiger charge is 2.56. The Morgan fingerprint density at radius 1 is 1.33 bits per heavy atom. The number of nitrogens with zero attached hydrogens (tertiary/aromatic N) is 1. The lowest BCUT2D eigenvalue weighted by Gasteiger charge is -2.40. The number of hydrogen-bond acceptors (Lipinski definition) is 3. The highest BCUT2D eigenvalue weighted by atomic mass is 19.4. The van der Waals surface area contributed by atoms with Crippen molar-refractivity contribution in [1.29, 1.82) is 0 Å². The summed E-state index contributed by atoms with van der Waals surface area (Å²) in [4.78, 5) is 12.6. The molecule has 4 nitrogen and oxygen atoms in total. The van der Waals surface area contributed by atoms with Gasteiger partial charge in [-0.15, -0.1) is 0 Å². The van der Waals surface area contributed by atoms with Crippen LogP contribution in [0.5, 0.6) is 0 Å². The standard InChI is InChI=1S/C11H18F3NO3/c1-9(2,3)18-8(16)15-6-4-5-10(17,7-15)11(12,13)14/h17H,4-7H2,1-3H3/t10-/m1/s1. The van der Waals surface area contributed by atoms with Crippen LogP contribution in [0.2, 0.25) is 0 Å². The molecule has 0 aromatic rings. The summed E-state index contributed by atoms with van der Waals surface area (Å²) >= 11 is 0. The van der Waals surface area contributed by atoms with E-state index in [1.165, 1.54) is 0 Å². The molecule has 1 aliphatic heterocycles. The van der Waals surface area contributed by atoms with Gasteiger partial charge in [0.25, 0.3) is 0 Å². The minimum Gasteiger partial charge on any atom is -0.444 e. The maximum absolute atomic E-state index is 12.7. The topological polar surface area (TPSA) is 49.8 Å². The van der Waals surface area contributed by atoms with Crippen LogP contribution in [0.4, 0.5) is 18.0 Å². The second-order valence-electron chi connectivity index (χ2n) is 5.53. The highest BCUT2D eigenvalue weighted by molar-refractivity contribution is 5.68. The van der Waals surface area contributed by atoms with Crippen LogP contribution >= 0.6 is 0 Å². The average Bonchev–Trinajstić information content (AvgIpc) is 2.13. The van der Waals surface area contributed by atoms with Crippen molar-refractivity contribution in [2.75, 3.05) is 13.1 Å². The fourth-order valence-electron chi connectivity index (χ4n) is 1.75. The number of piperidine rings is 1. The van der Waals surface area contributed by atoms with Crippen LogP contribution in [0.1, 0.15) is 33.6 Å². The Morgan fingerprint density at radius 2 is 1.89 bits per heavy atom. The number of aliphatic hydroxyl groups is 1. The Bertz CT molecular complexity index is 324. The van der Waals surface area contributed by atoms with Gasteiger partial charge in [0.1, 0.15) is 5.60 Å². The lowest BCUT2D eigenvalue weighted by Crippen LogP contribution is -2.58. The zero-order chi connectivity index (χ0) is 14.2. The van der Waals surface area contributed by atoms with E-state index in [2.05, 4.69) is 0 Å². The quantitative estimate of drug-likeness (QED) is 0.734. The van der Waals surface area contributed by atoms with Crippen LogP contribution in [0, 0.1) is 0 Å². The number of carbonyl (C=O) groups excluding carboxylic acids is 1. The van der Waals surface area contributed by atoms with Crippen LogP contribution in [-0.2, 0) is 4.74 Å². The minimum absolute atomic E-state index is 0.0925. The molecular weight excluding hydrogens is 251 g/mol. The molecule has 7 heteroatoms. The first kappa shape index (κ1) is 15.1. The van der Waals surface area contributed by atoms with Crippen molar-refractivity contribution in [2.45, 2.75) is 51.0 Å². The number of amides is 1. The Balaban J connectivity index is 2.73. The van der Waals surface area contributed by atoms with Gasteiger partial charge in [0, 0.05) is 6.54 Å². The van der Waals surface area contributed by atoms with Crippen LogP contribution < -0.4 is 0 Å². The molecule has 1 saturated heterocycles. The van der Waals surface area contributed by atoms with E-state index >= 15 is 0 Å². The Morgan fingerprint density at radius 3 is 2.33 bits per heavy atom. The van der Waals surface area contributed by atoms with Crippen LogP contribution in [0.3, 0.4) is 0 Å². The van der Waals surface area contributed by atoms with Gasteiger partial charge in [-0.1, -0.05) is 0 Å². The van der Waals surface area contributed by atoms with Crippen molar-refractivity contribution >= 4 is 6.09 Å². The van der Waals surface area contributed by atoms with Crippen molar-refractivity contribution < 1.29 is 27.8 Å². The second kappa shape index (κ2) is 4.60. The van der Waals surface area contributed by atoms with Crippen LogP contribution in [0.25, 0.3) is 0 Å². The van der Waals surface area contributed by atoms with Crippen molar-refractivity contribution in [2.24, 2.45) is 0 Å². The average molecular weight is 269 g/mol.